The van der Waals surface area contributed by atoms with Gasteiger partial charge in [-0.3, -0.25) is 14.4 Å². The molecule has 4 rings (SSSR count). The average molecular weight is 467 g/mol. The van der Waals surface area contributed by atoms with Crippen LogP contribution in [0.15, 0.2) is 77.7 Å². The van der Waals surface area contributed by atoms with E-state index in [1.165, 1.54) is 38.6 Å². The Kier molecular flexibility index (Phi) is 7.01. The minimum atomic E-state index is -3.04. The maximum Gasteiger partial charge on any atom is 0.387 e. The number of piperazine rings is 1. The molecule has 7 nitrogen and oxygen atoms in total. The van der Waals surface area contributed by atoms with Crippen molar-refractivity contribution in [3.05, 3.63) is 100.0 Å². The van der Waals surface area contributed by atoms with Crippen LogP contribution in [0.1, 0.15) is 26.3 Å². The lowest BCUT2D eigenvalue weighted by Crippen LogP contribution is -2.51. The highest BCUT2D eigenvalue weighted by atomic mass is 19.3. The smallest absolute Gasteiger partial charge is 0.387 e. The highest BCUT2D eigenvalue weighted by molar-refractivity contribution is 5.97. The summed E-state index contributed by atoms with van der Waals surface area (Å²) in [6.07, 6.45) is 1.64. The highest BCUT2D eigenvalue weighted by Crippen LogP contribution is 2.22. The Labute approximate surface area is 194 Å². The van der Waals surface area contributed by atoms with E-state index in [9.17, 15) is 23.2 Å². The number of ether oxygens (including phenoxy) is 1. The molecule has 0 bridgehead atoms. The van der Waals surface area contributed by atoms with Crippen molar-refractivity contribution in [3.8, 4) is 5.75 Å². The van der Waals surface area contributed by atoms with Gasteiger partial charge in [0.15, 0.2) is 0 Å². The van der Waals surface area contributed by atoms with Crippen LogP contribution in [0.3, 0.4) is 0 Å². The Balaban J connectivity index is 1.43. The first-order valence-electron chi connectivity index (χ1n) is 10.8. The number of carbonyl (C=O) groups excluding carboxylic acids is 2. The molecule has 2 heterocycles. The largest absolute Gasteiger partial charge is 0.434 e. The maximum absolute atomic E-state index is 13.1. The SMILES string of the molecule is O=C(c1ccccc1OC(F)F)N1CCN(C(=O)c2cccn(Cc3ccccc3)c2=O)CC1. The van der Waals surface area contributed by atoms with Crippen molar-refractivity contribution in [2.24, 2.45) is 0 Å². The summed E-state index contributed by atoms with van der Waals surface area (Å²) in [6.45, 7) is -1.84. The van der Waals surface area contributed by atoms with Crippen LogP contribution in [0.2, 0.25) is 0 Å². The molecule has 0 unspecified atom stereocenters. The normalized spacial score (nSPS) is 13.7. The molecule has 1 aliphatic heterocycles. The van der Waals surface area contributed by atoms with Gasteiger partial charge in [-0.1, -0.05) is 42.5 Å². The van der Waals surface area contributed by atoms with Gasteiger partial charge in [0.05, 0.1) is 12.1 Å². The van der Waals surface area contributed by atoms with Gasteiger partial charge in [-0.15, -0.1) is 0 Å². The summed E-state index contributed by atoms with van der Waals surface area (Å²) < 4.78 is 31.3. The second-order valence-electron chi connectivity index (χ2n) is 7.80. The van der Waals surface area contributed by atoms with E-state index in [1.54, 1.807) is 18.3 Å². The van der Waals surface area contributed by atoms with Gasteiger partial charge < -0.3 is 19.1 Å². The number of benzene rings is 2. The third-order valence-electron chi connectivity index (χ3n) is 5.63. The number of carbonyl (C=O) groups is 2. The zero-order valence-corrected chi connectivity index (χ0v) is 18.3. The monoisotopic (exact) mass is 467 g/mol. The molecule has 2 amide bonds. The number of nitrogens with zero attached hydrogens (tertiary/aromatic N) is 3. The molecule has 1 aliphatic rings. The Morgan fingerprint density at radius 1 is 0.794 bits per heavy atom. The van der Waals surface area contributed by atoms with Crippen LogP contribution in [-0.2, 0) is 6.54 Å². The van der Waals surface area contributed by atoms with E-state index in [0.717, 1.165) is 5.56 Å². The molecule has 0 saturated carbocycles. The van der Waals surface area contributed by atoms with E-state index in [1.807, 2.05) is 30.3 Å². The molecule has 0 aliphatic carbocycles. The number of para-hydroxylation sites is 1. The van der Waals surface area contributed by atoms with E-state index >= 15 is 0 Å². The number of hydrogen-bond donors (Lipinski definition) is 0. The van der Waals surface area contributed by atoms with Gasteiger partial charge in [0, 0.05) is 32.4 Å². The molecular formula is C25H23F2N3O4. The number of pyridine rings is 1. The van der Waals surface area contributed by atoms with Crippen LogP contribution in [-0.4, -0.2) is 59.0 Å². The zero-order chi connectivity index (χ0) is 24.1. The summed E-state index contributed by atoms with van der Waals surface area (Å²) in [6, 6.07) is 18.5. The van der Waals surface area contributed by atoms with E-state index in [2.05, 4.69) is 4.74 Å². The van der Waals surface area contributed by atoms with Crippen molar-refractivity contribution in [2.75, 3.05) is 26.2 Å². The number of amides is 2. The predicted octanol–water partition coefficient (Wildman–Crippen LogP) is 3.10. The van der Waals surface area contributed by atoms with Gasteiger partial charge in [-0.05, 0) is 29.8 Å². The lowest BCUT2D eigenvalue weighted by atomic mass is 10.1. The zero-order valence-electron chi connectivity index (χ0n) is 18.3. The number of alkyl halides is 2. The second-order valence-corrected chi connectivity index (χ2v) is 7.80. The molecule has 1 aromatic heterocycles. The quantitative estimate of drug-likeness (QED) is 0.559. The van der Waals surface area contributed by atoms with Crippen LogP contribution in [0, 0.1) is 0 Å². The summed E-state index contributed by atoms with van der Waals surface area (Å²) in [7, 11) is 0. The molecule has 1 fully saturated rings. The Hall–Kier alpha value is -4.01. The lowest BCUT2D eigenvalue weighted by molar-refractivity contribution is -0.0503. The first-order valence-corrected chi connectivity index (χ1v) is 10.8. The van der Waals surface area contributed by atoms with Gasteiger partial charge in [0.1, 0.15) is 11.3 Å². The Bertz CT molecular complexity index is 1220. The van der Waals surface area contributed by atoms with Crippen molar-refractivity contribution in [3.63, 3.8) is 0 Å². The maximum atomic E-state index is 13.1. The number of halogens is 2. The van der Waals surface area contributed by atoms with Gasteiger partial charge in [-0.2, -0.15) is 8.78 Å². The number of rotatable bonds is 6. The minimum Gasteiger partial charge on any atom is -0.434 e. The summed E-state index contributed by atoms with van der Waals surface area (Å²) in [5.41, 5.74) is 0.661. The van der Waals surface area contributed by atoms with Crippen molar-refractivity contribution >= 4 is 11.8 Å². The topological polar surface area (TPSA) is 71.8 Å². The van der Waals surface area contributed by atoms with Crippen LogP contribution in [0.4, 0.5) is 8.78 Å². The van der Waals surface area contributed by atoms with E-state index < -0.39 is 18.4 Å². The molecular weight excluding hydrogens is 444 g/mol. The van der Waals surface area contributed by atoms with Crippen LogP contribution >= 0.6 is 0 Å². The Morgan fingerprint density at radius 3 is 2.00 bits per heavy atom. The fourth-order valence-corrected chi connectivity index (χ4v) is 3.90. The predicted molar refractivity (Wildman–Crippen MR) is 121 cm³/mol. The van der Waals surface area contributed by atoms with Gasteiger partial charge in [0.25, 0.3) is 17.4 Å². The lowest BCUT2D eigenvalue weighted by Gasteiger charge is -2.35. The van der Waals surface area contributed by atoms with Gasteiger partial charge in [-0.25, -0.2) is 0 Å². The van der Waals surface area contributed by atoms with Crippen molar-refractivity contribution < 1.29 is 23.1 Å². The third kappa shape index (κ3) is 5.14. The second kappa shape index (κ2) is 10.3. The molecule has 0 spiro atoms. The fraction of sp³-hybridized carbons (Fsp3) is 0.240. The Morgan fingerprint density at radius 2 is 1.35 bits per heavy atom. The van der Waals surface area contributed by atoms with Crippen molar-refractivity contribution in [1.82, 2.24) is 14.4 Å². The summed E-state index contributed by atoms with van der Waals surface area (Å²) in [5, 5.41) is 0. The molecule has 3 aromatic rings. The summed E-state index contributed by atoms with van der Waals surface area (Å²) in [4.78, 5) is 41.8. The highest BCUT2D eigenvalue weighted by Gasteiger charge is 2.28. The molecule has 0 radical (unpaired) electrons. The van der Waals surface area contributed by atoms with Crippen molar-refractivity contribution in [1.29, 1.82) is 0 Å². The molecule has 2 aromatic carbocycles. The fourth-order valence-electron chi connectivity index (χ4n) is 3.90. The van der Waals surface area contributed by atoms with E-state index in [-0.39, 0.29) is 48.6 Å². The third-order valence-corrected chi connectivity index (χ3v) is 5.63. The number of aromatic nitrogens is 1. The molecule has 9 heteroatoms. The standard InChI is InChI=1S/C25H23F2N3O4/c26-25(27)34-21-11-5-4-9-19(21)22(31)28-13-15-29(16-14-28)23(32)20-10-6-12-30(24(20)33)17-18-7-2-1-3-8-18/h1-12,25H,13-17H2. The molecule has 0 atom stereocenters. The van der Waals surface area contributed by atoms with Crippen LogP contribution in [0.5, 0.6) is 5.75 Å². The van der Waals surface area contributed by atoms with Crippen LogP contribution < -0.4 is 10.3 Å². The number of hydrogen-bond acceptors (Lipinski definition) is 4. The minimum absolute atomic E-state index is 0.0365. The molecule has 0 N–H and O–H groups in total. The van der Waals surface area contributed by atoms with Gasteiger partial charge in [0.2, 0.25) is 0 Å². The first-order chi connectivity index (χ1) is 16.4. The van der Waals surface area contributed by atoms with Gasteiger partial charge >= 0.3 is 6.61 Å². The molecule has 34 heavy (non-hydrogen) atoms. The van der Waals surface area contributed by atoms with E-state index in [4.69, 9.17) is 0 Å². The molecule has 1 saturated heterocycles. The summed E-state index contributed by atoms with van der Waals surface area (Å²) in [5.74, 6) is -1.04. The van der Waals surface area contributed by atoms with E-state index in [0.29, 0.717) is 6.54 Å². The average Bonchev–Trinajstić information content (AvgIpc) is 2.85. The van der Waals surface area contributed by atoms with Crippen LogP contribution in [0.25, 0.3) is 0 Å². The summed E-state index contributed by atoms with van der Waals surface area (Å²) >= 11 is 0. The molecule has 176 valence electrons. The van der Waals surface area contributed by atoms with Crippen molar-refractivity contribution in [2.45, 2.75) is 13.2 Å². The first kappa shape index (κ1) is 23.2.